The summed E-state index contributed by atoms with van der Waals surface area (Å²) in [7, 11) is 0. The van der Waals surface area contributed by atoms with Gasteiger partial charge in [-0.15, -0.1) is 0 Å². The molecule has 31 heavy (non-hydrogen) atoms. The van der Waals surface area contributed by atoms with E-state index in [2.05, 4.69) is 35.9 Å². The lowest BCUT2D eigenvalue weighted by atomic mass is 9.77. The van der Waals surface area contributed by atoms with E-state index in [1.807, 2.05) is 30.0 Å². The molecule has 3 unspecified atom stereocenters. The van der Waals surface area contributed by atoms with Gasteiger partial charge < -0.3 is 9.64 Å². The van der Waals surface area contributed by atoms with Crippen LogP contribution in [0.2, 0.25) is 0 Å². The lowest BCUT2D eigenvalue weighted by Crippen LogP contribution is -2.59. The van der Waals surface area contributed by atoms with Gasteiger partial charge in [0, 0.05) is 41.9 Å². The minimum atomic E-state index is -0.0887. The summed E-state index contributed by atoms with van der Waals surface area (Å²) in [6.07, 6.45) is 9.68. The Balaban J connectivity index is 1.44. The summed E-state index contributed by atoms with van der Waals surface area (Å²) < 4.78 is 7.13. The summed E-state index contributed by atoms with van der Waals surface area (Å²) >= 11 is 3.40. The number of piperidine rings is 2. The molecule has 0 radical (unpaired) electrons. The van der Waals surface area contributed by atoms with Crippen molar-refractivity contribution in [1.29, 1.82) is 0 Å². The van der Waals surface area contributed by atoms with Gasteiger partial charge in [0.1, 0.15) is 11.8 Å². The second-order valence-electron chi connectivity index (χ2n) is 8.16. The molecule has 2 bridgehead atoms. The van der Waals surface area contributed by atoms with Crippen LogP contribution in [0, 0.1) is 12.8 Å². The van der Waals surface area contributed by atoms with Crippen molar-refractivity contribution in [2.24, 2.45) is 5.92 Å². The SMILES string of the molecule is Cc1cnc(C(=O)N2CC3CCC2C(Oc2ccc(Br)cn2)C3)c(-c2ncccn2)c1. The third kappa shape index (κ3) is 4.04. The van der Waals surface area contributed by atoms with E-state index in [0.29, 0.717) is 28.9 Å². The van der Waals surface area contributed by atoms with E-state index in [-0.39, 0.29) is 18.1 Å². The van der Waals surface area contributed by atoms with Crippen molar-refractivity contribution in [3.8, 4) is 17.3 Å². The minimum Gasteiger partial charge on any atom is -0.472 e. The fraction of sp³-hybridized carbons (Fsp3) is 0.348. The Morgan fingerprint density at radius 3 is 2.71 bits per heavy atom. The Kier molecular flexibility index (Phi) is 5.40. The van der Waals surface area contributed by atoms with Crippen LogP contribution in [0.4, 0.5) is 0 Å². The molecule has 7 nitrogen and oxygen atoms in total. The van der Waals surface area contributed by atoms with Gasteiger partial charge >= 0.3 is 0 Å². The molecule has 2 saturated heterocycles. The Hall–Kier alpha value is -2.87. The number of pyridine rings is 2. The van der Waals surface area contributed by atoms with Gasteiger partial charge in [-0.2, -0.15) is 0 Å². The first kappa shape index (κ1) is 20.1. The maximum absolute atomic E-state index is 13.7. The number of halogens is 1. The number of carbonyl (C=O) groups is 1. The first-order chi connectivity index (χ1) is 15.1. The molecule has 3 aromatic heterocycles. The molecule has 3 fully saturated rings. The average molecular weight is 480 g/mol. The quantitative estimate of drug-likeness (QED) is 0.560. The highest BCUT2D eigenvalue weighted by Crippen LogP contribution is 2.38. The maximum Gasteiger partial charge on any atom is 0.273 e. The van der Waals surface area contributed by atoms with Crippen molar-refractivity contribution in [2.45, 2.75) is 38.3 Å². The van der Waals surface area contributed by atoms with E-state index < -0.39 is 0 Å². The van der Waals surface area contributed by atoms with E-state index in [0.717, 1.165) is 35.8 Å². The average Bonchev–Trinajstić information content (AvgIpc) is 2.81. The number of rotatable bonds is 4. The molecular weight excluding hydrogens is 458 g/mol. The predicted molar refractivity (Wildman–Crippen MR) is 119 cm³/mol. The van der Waals surface area contributed by atoms with Crippen LogP contribution in [0.25, 0.3) is 11.4 Å². The Labute approximate surface area is 189 Å². The van der Waals surface area contributed by atoms with E-state index in [1.165, 1.54) is 0 Å². The van der Waals surface area contributed by atoms with Gasteiger partial charge in [0.2, 0.25) is 5.88 Å². The molecule has 0 aromatic carbocycles. The Morgan fingerprint density at radius 1 is 1.13 bits per heavy atom. The number of hydrogen-bond acceptors (Lipinski definition) is 6. The van der Waals surface area contributed by atoms with Gasteiger partial charge in [0.15, 0.2) is 5.82 Å². The molecule has 158 valence electrons. The molecule has 0 N–H and O–H groups in total. The maximum atomic E-state index is 13.7. The van der Waals surface area contributed by atoms with Gasteiger partial charge in [-0.1, -0.05) is 0 Å². The monoisotopic (exact) mass is 479 g/mol. The zero-order chi connectivity index (χ0) is 21.4. The number of fused-ring (bicyclic) bond motifs is 3. The standard InChI is InChI=1S/C23H22BrN5O2/c1-14-9-17(22-25-7-2-8-26-22)21(28-11-14)23(30)29-13-15-3-5-18(29)19(10-15)31-20-6-4-16(24)12-27-20/h2,4,6-9,11-12,15,18-19H,3,5,10,13H2,1H3. The number of aromatic nitrogens is 4. The van der Waals surface area contributed by atoms with Crippen molar-refractivity contribution < 1.29 is 9.53 Å². The van der Waals surface area contributed by atoms with Gasteiger partial charge in [-0.05, 0) is 71.8 Å². The largest absolute Gasteiger partial charge is 0.472 e. The first-order valence-corrected chi connectivity index (χ1v) is 11.2. The predicted octanol–water partition coefficient (Wildman–Crippen LogP) is 4.08. The normalized spacial score (nSPS) is 22.4. The van der Waals surface area contributed by atoms with Gasteiger partial charge in [-0.25, -0.2) is 15.0 Å². The van der Waals surface area contributed by atoms with Gasteiger partial charge in [0.05, 0.1) is 11.6 Å². The summed E-state index contributed by atoms with van der Waals surface area (Å²) in [5, 5.41) is 0. The van der Waals surface area contributed by atoms with Crippen molar-refractivity contribution in [2.75, 3.05) is 6.54 Å². The van der Waals surface area contributed by atoms with Crippen LogP contribution in [-0.4, -0.2) is 49.4 Å². The summed E-state index contributed by atoms with van der Waals surface area (Å²) in [6.45, 7) is 2.67. The third-order valence-corrected chi connectivity index (χ3v) is 6.46. The van der Waals surface area contributed by atoms with E-state index in [9.17, 15) is 4.79 Å². The van der Waals surface area contributed by atoms with E-state index in [4.69, 9.17) is 4.74 Å². The van der Waals surface area contributed by atoms with Gasteiger partial charge in [0.25, 0.3) is 5.91 Å². The number of amides is 1. The summed E-state index contributed by atoms with van der Waals surface area (Å²) in [5.74, 6) is 1.42. The minimum absolute atomic E-state index is 0.00408. The number of nitrogens with zero attached hydrogens (tertiary/aromatic N) is 5. The first-order valence-electron chi connectivity index (χ1n) is 10.4. The van der Waals surface area contributed by atoms with Crippen molar-refractivity contribution in [1.82, 2.24) is 24.8 Å². The highest BCUT2D eigenvalue weighted by molar-refractivity contribution is 9.10. The number of carbonyl (C=O) groups excluding carboxylic acids is 1. The van der Waals surface area contributed by atoms with E-state index >= 15 is 0 Å². The van der Waals surface area contributed by atoms with Crippen LogP contribution in [0.3, 0.4) is 0 Å². The van der Waals surface area contributed by atoms with Crippen LogP contribution >= 0.6 is 15.9 Å². The lowest BCUT2D eigenvalue weighted by Gasteiger charge is -2.49. The van der Waals surface area contributed by atoms with Gasteiger partial charge in [-0.3, -0.25) is 9.78 Å². The molecule has 5 heterocycles. The smallest absolute Gasteiger partial charge is 0.273 e. The zero-order valence-electron chi connectivity index (χ0n) is 17.1. The second-order valence-corrected chi connectivity index (χ2v) is 9.07. The van der Waals surface area contributed by atoms with Crippen molar-refractivity contribution in [3.63, 3.8) is 0 Å². The molecule has 3 atom stereocenters. The van der Waals surface area contributed by atoms with Crippen LogP contribution in [0.1, 0.15) is 35.3 Å². The molecule has 2 aliphatic heterocycles. The molecule has 3 aliphatic rings. The molecule has 1 aliphatic carbocycles. The van der Waals surface area contributed by atoms with Crippen molar-refractivity contribution >= 4 is 21.8 Å². The summed E-state index contributed by atoms with van der Waals surface area (Å²) in [5.41, 5.74) is 2.02. The molecule has 1 saturated carbocycles. The fourth-order valence-corrected chi connectivity index (χ4v) is 4.80. The lowest BCUT2D eigenvalue weighted by molar-refractivity contribution is -0.0315. The van der Waals surface area contributed by atoms with Crippen LogP contribution < -0.4 is 4.74 Å². The topological polar surface area (TPSA) is 81.1 Å². The number of aryl methyl sites for hydroxylation is 1. The van der Waals surface area contributed by atoms with Crippen LogP contribution in [-0.2, 0) is 0 Å². The van der Waals surface area contributed by atoms with E-state index in [1.54, 1.807) is 30.9 Å². The number of hydrogen-bond donors (Lipinski definition) is 0. The Morgan fingerprint density at radius 2 is 1.97 bits per heavy atom. The summed E-state index contributed by atoms with van der Waals surface area (Å²) in [6, 6.07) is 7.45. The summed E-state index contributed by atoms with van der Waals surface area (Å²) in [4.78, 5) is 33.1. The second kappa shape index (κ2) is 8.34. The molecule has 3 aromatic rings. The Bertz CT molecular complexity index is 1090. The van der Waals surface area contributed by atoms with Crippen LogP contribution in [0.5, 0.6) is 5.88 Å². The highest BCUT2D eigenvalue weighted by atomic mass is 79.9. The number of ether oxygens (including phenoxy) is 1. The third-order valence-electron chi connectivity index (χ3n) is 5.99. The zero-order valence-corrected chi connectivity index (χ0v) is 18.7. The molecule has 0 spiro atoms. The molecule has 1 amide bonds. The molecule has 8 heteroatoms. The molecule has 6 rings (SSSR count). The van der Waals surface area contributed by atoms with Crippen LogP contribution in [0.15, 0.2) is 53.5 Å². The van der Waals surface area contributed by atoms with Crippen molar-refractivity contribution in [3.05, 3.63) is 64.8 Å². The molecular formula is C23H22BrN5O2. The highest BCUT2D eigenvalue weighted by Gasteiger charge is 2.45. The fourth-order valence-electron chi connectivity index (χ4n) is 4.56.